The van der Waals surface area contributed by atoms with Gasteiger partial charge >= 0.3 is 0 Å². The van der Waals surface area contributed by atoms with E-state index in [0.717, 1.165) is 18.6 Å². The van der Waals surface area contributed by atoms with Crippen molar-refractivity contribution in [3.05, 3.63) is 46.0 Å². The highest BCUT2D eigenvalue weighted by Crippen LogP contribution is 2.53. The van der Waals surface area contributed by atoms with E-state index in [1.54, 1.807) is 7.11 Å². The standard InChI is InChI=1S/C25H32O3/c1-14-17-8-9-19-18(15(2)23-22(26)16(3)24(4,5)28-23)12-13-25(19,6)20(17)10-11-21(14)27-7/h8-11,15-16,23H,12-13H2,1-7H3/t15-,16+,23-,25+/m1/s1. The Balaban J connectivity index is 1.75. The first-order chi connectivity index (χ1) is 13.1. The number of hydrogen-bond donors (Lipinski definition) is 0. The van der Waals surface area contributed by atoms with Crippen LogP contribution in [0.1, 0.15) is 64.2 Å². The minimum atomic E-state index is -0.383. The van der Waals surface area contributed by atoms with Crippen molar-refractivity contribution in [2.24, 2.45) is 11.8 Å². The van der Waals surface area contributed by atoms with Crippen molar-refractivity contribution < 1.29 is 14.3 Å². The number of rotatable bonds is 3. The van der Waals surface area contributed by atoms with Crippen LogP contribution in [0.5, 0.6) is 5.75 Å². The van der Waals surface area contributed by atoms with E-state index in [9.17, 15) is 4.79 Å². The summed E-state index contributed by atoms with van der Waals surface area (Å²) < 4.78 is 11.8. The van der Waals surface area contributed by atoms with Gasteiger partial charge in [-0.15, -0.1) is 0 Å². The summed E-state index contributed by atoms with van der Waals surface area (Å²) in [6.07, 6.45) is 6.27. The Hall–Kier alpha value is -1.87. The van der Waals surface area contributed by atoms with Gasteiger partial charge in [-0.25, -0.2) is 0 Å². The van der Waals surface area contributed by atoms with E-state index in [1.807, 2.05) is 20.8 Å². The molecule has 1 heterocycles. The van der Waals surface area contributed by atoms with Gasteiger partial charge in [-0.1, -0.05) is 44.6 Å². The van der Waals surface area contributed by atoms with Crippen molar-refractivity contribution in [1.82, 2.24) is 0 Å². The summed E-state index contributed by atoms with van der Waals surface area (Å²) in [6.45, 7) is 12.7. The van der Waals surface area contributed by atoms with Crippen molar-refractivity contribution in [3.63, 3.8) is 0 Å². The van der Waals surface area contributed by atoms with Crippen LogP contribution >= 0.6 is 0 Å². The van der Waals surface area contributed by atoms with E-state index < -0.39 is 0 Å². The fourth-order valence-corrected chi connectivity index (χ4v) is 5.45. The number of benzene rings is 1. The summed E-state index contributed by atoms with van der Waals surface area (Å²) in [5.41, 5.74) is 6.23. The monoisotopic (exact) mass is 380 g/mol. The zero-order valence-electron chi connectivity index (χ0n) is 18.2. The summed E-state index contributed by atoms with van der Waals surface area (Å²) in [7, 11) is 1.73. The van der Waals surface area contributed by atoms with Crippen molar-refractivity contribution in [2.45, 2.75) is 71.5 Å². The van der Waals surface area contributed by atoms with Gasteiger partial charge in [0.25, 0.3) is 0 Å². The van der Waals surface area contributed by atoms with Gasteiger partial charge < -0.3 is 9.47 Å². The first-order valence-corrected chi connectivity index (χ1v) is 10.4. The molecule has 1 aliphatic heterocycles. The third-order valence-corrected chi connectivity index (χ3v) is 7.72. The molecule has 4 atom stereocenters. The number of fused-ring (bicyclic) bond motifs is 3. The Morgan fingerprint density at radius 3 is 2.54 bits per heavy atom. The van der Waals surface area contributed by atoms with E-state index in [2.05, 4.69) is 45.1 Å². The summed E-state index contributed by atoms with van der Waals surface area (Å²) in [5.74, 6) is 1.24. The molecule has 2 aliphatic carbocycles. The number of carbonyl (C=O) groups excluding carboxylic acids is 1. The quantitative estimate of drug-likeness (QED) is 0.704. The van der Waals surface area contributed by atoms with Crippen LogP contribution in [0.4, 0.5) is 0 Å². The fraction of sp³-hybridized carbons (Fsp3) is 0.560. The van der Waals surface area contributed by atoms with Crippen LogP contribution in [-0.2, 0) is 14.9 Å². The lowest BCUT2D eigenvalue weighted by molar-refractivity contribution is -0.126. The molecule has 3 aliphatic rings. The van der Waals surface area contributed by atoms with E-state index in [0.29, 0.717) is 0 Å². The maximum atomic E-state index is 12.9. The van der Waals surface area contributed by atoms with Gasteiger partial charge in [-0.05, 0) is 61.9 Å². The number of ketones is 1. The van der Waals surface area contributed by atoms with E-state index in [1.165, 1.54) is 27.8 Å². The van der Waals surface area contributed by atoms with Crippen molar-refractivity contribution >= 4 is 11.9 Å². The molecule has 1 aromatic carbocycles. The molecule has 0 radical (unpaired) electrons. The van der Waals surface area contributed by atoms with Crippen LogP contribution in [0.3, 0.4) is 0 Å². The minimum absolute atomic E-state index is 0.00645. The zero-order valence-corrected chi connectivity index (χ0v) is 18.2. The SMILES string of the molecule is COc1ccc2c(c1C)C=CC1=C([C@@H](C)[C@H]3OC(C)(C)[C@@H](C)C3=O)CC[C@@]12C. The predicted molar refractivity (Wildman–Crippen MR) is 113 cm³/mol. The number of ether oxygens (including phenoxy) is 2. The molecule has 1 saturated heterocycles. The number of carbonyl (C=O) groups is 1. The fourth-order valence-electron chi connectivity index (χ4n) is 5.45. The Morgan fingerprint density at radius 2 is 1.93 bits per heavy atom. The topological polar surface area (TPSA) is 35.5 Å². The third-order valence-electron chi connectivity index (χ3n) is 7.72. The first kappa shape index (κ1) is 19.4. The molecule has 0 unspecified atom stereocenters. The largest absolute Gasteiger partial charge is 0.496 e. The molecule has 4 rings (SSSR count). The lowest BCUT2D eigenvalue weighted by atomic mass is 9.70. The van der Waals surface area contributed by atoms with Gasteiger partial charge in [-0.2, -0.15) is 0 Å². The molecule has 1 aromatic rings. The molecule has 1 fully saturated rings. The highest BCUT2D eigenvalue weighted by atomic mass is 16.5. The minimum Gasteiger partial charge on any atom is -0.496 e. The second-order valence-corrected chi connectivity index (χ2v) is 9.51. The number of methoxy groups -OCH3 is 1. The number of Topliss-reactive ketones (excluding diaryl/α,β-unsaturated/α-hetero) is 1. The predicted octanol–water partition coefficient (Wildman–Crippen LogP) is 5.40. The van der Waals surface area contributed by atoms with Gasteiger partial charge in [-0.3, -0.25) is 4.79 Å². The molecule has 28 heavy (non-hydrogen) atoms. The molecular formula is C25H32O3. The highest BCUT2D eigenvalue weighted by molar-refractivity contribution is 5.89. The number of hydrogen-bond acceptors (Lipinski definition) is 3. The average molecular weight is 381 g/mol. The second-order valence-electron chi connectivity index (χ2n) is 9.51. The Labute approximate surface area is 168 Å². The van der Waals surface area contributed by atoms with Crippen LogP contribution < -0.4 is 4.74 Å². The van der Waals surface area contributed by atoms with Crippen LogP contribution in [0, 0.1) is 18.8 Å². The molecule has 3 nitrogen and oxygen atoms in total. The van der Waals surface area contributed by atoms with Gasteiger partial charge in [0, 0.05) is 17.3 Å². The van der Waals surface area contributed by atoms with Gasteiger partial charge in [0.05, 0.1) is 12.7 Å². The lowest BCUT2D eigenvalue weighted by Gasteiger charge is -2.34. The maximum absolute atomic E-state index is 12.9. The molecule has 0 amide bonds. The van der Waals surface area contributed by atoms with Crippen LogP contribution in [-0.4, -0.2) is 24.6 Å². The zero-order chi connectivity index (χ0) is 20.4. The van der Waals surface area contributed by atoms with Crippen molar-refractivity contribution in [2.75, 3.05) is 7.11 Å². The molecule has 0 N–H and O–H groups in total. The summed E-state index contributed by atoms with van der Waals surface area (Å²) in [6, 6.07) is 4.31. The Morgan fingerprint density at radius 1 is 1.21 bits per heavy atom. The summed E-state index contributed by atoms with van der Waals surface area (Å²) in [5, 5.41) is 0. The van der Waals surface area contributed by atoms with Crippen LogP contribution in [0.2, 0.25) is 0 Å². The van der Waals surface area contributed by atoms with Crippen LogP contribution in [0.15, 0.2) is 29.4 Å². The van der Waals surface area contributed by atoms with Gasteiger partial charge in [0.15, 0.2) is 5.78 Å². The smallest absolute Gasteiger partial charge is 0.167 e. The summed E-state index contributed by atoms with van der Waals surface area (Å²) in [4.78, 5) is 12.9. The molecule has 0 aromatic heterocycles. The normalized spacial score (nSPS) is 31.8. The van der Waals surface area contributed by atoms with E-state index >= 15 is 0 Å². The third kappa shape index (κ3) is 2.55. The molecule has 0 spiro atoms. The summed E-state index contributed by atoms with van der Waals surface area (Å²) >= 11 is 0. The molecule has 150 valence electrons. The van der Waals surface area contributed by atoms with Gasteiger partial charge in [0.2, 0.25) is 0 Å². The molecular weight excluding hydrogens is 348 g/mol. The second kappa shape index (κ2) is 6.32. The molecule has 0 saturated carbocycles. The molecule has 0 bridgehead atoms. The van der Waals surface area contributed by atoms with Gasteiger partial charge in [0.1, 0.15) is 11.9 Å². The van der Waals surface area contributed by atoms with Crippen molar-refractivity contribution in [3.8, 4) is 5.75 Å². The van der Waals surface area contributed by atoms with Crippen molar-refractivity contribution in [1.29, 1.82) is 0 Å². The van der Waals surface area contributed by atoms with Crippen LogP contribution in [0.25, 0.3) is 6.08 Å². The lowest BCUT2D eigenvalue weighted by Crippen LogP contribution is -2.29. The molecule has 3 heteroatoms. The maximum Gasteiger partial charge on any atom is 0.167 e. The first-order valence-electron chi connectivity index (χ1n) is 10.4. The van der Waals surface area contributed by atoms with E-state index in [4.69, 9.17) is 9.47 Å². The average Bonchev–Trinajstić information content (AvgIpc) is 3.11. The Bertz CT molecular complexity index is 905. The van der Waals surface area contributed by atoms with E-state index in [-0.39, 0.29) is 34.7 Å². The number of allylic oxidation sites excluding steroid dienone is 2. The Kier molecular flexibility index (Phi) is 4.39. The highest BCUT2D eigenvalue weighted by Gasteiger charge is 2.50.